The van der Waals surface area contributed by atoms with Crippen molar-refractivity contribution < 1.29 is 4.74 Å². The van der Waals surface area contributed by atoms with Crippen molar-refractivity contribution in [2.75, 3.05) is 0 Å². The summed E-state index contributed by atoms with van der Waals surface area (Å²) in [6.45, 7) is 2.06. The molecule has 0 aliphatic carbocycles. The molecule has 0 spiro atoms. The smallest absolute Gasteiger partial charge is 0.127 e. The zero-order valence-electron chi connectivity index (χ0n) is 10.8. The lowest BCUT2D eigenvalue weighted by Gasteiger charge is -2.31. The summed E-state index contributed by atoms with van der Waals surface area (Å²) in [5.41, 5.74) is 9.56. The van der Waals surface area contributed by atoms with Gasteiger partial charge in [0.25, 0.3) is 0 Å². The summed E-state index contributed by atoms with van der Waals surface area (Å²) < 4.78 is 6.06. The van der Waals surface area contributed by atoms with E-state index in [9.17, 15) is 0 Å². The summed E-state index contributed by atoms with van der Waals surface area (Å²) in [5, 5.41) is 0.732. The molecule has 1 aliphatic heterocycles. The summed E-state index contributed by atoms with van der Waals surface area (Å²) in [4.78, 5) is 0. The Bertz CT molecular complexity index is 611. The molecule has 0 saturated heterocycles. The molecule has 2 aromatic carbocycles. The van der Waals surface area contributed by atoms with Gasteiger partial charge < -0.3 is 10.5 Å². The van der Waals surface area contributed by atoms with E-state index in [1.165, 1.54) is 5.56 Å². The highest BCUT2D eigenvalue weighted by Crippen LogP contribution is 2.41. The summed E-state index contributed by atoms with van der Waals surface area (Å²) in [6, 6.07) is 13.9. The van der Waals surface area contributed by atoms with Crippen molar-refractivity contribution in [1.82, 2.24) is 0 Å². The van der Waals surface area contributed by atoms with Crippen LogP contribution < -0.4 is 10.5 Å². The maximum atomic E-state index is 6.27. The van der Waals surface area contributed by atoms with E-state index in [0.29, 0.717) is 0 Å². The molecule has 98 valence electrons. The first-order chi connectivity index (χ1) is 9.15. The number of nitrogens with two attached hydrogens (primary N) is 1. The first-order valence-corrected chi connectivity index (χ1v) is 6.80. The van der Waals surface area contributed by atoms with E-state index in [0.717, 1.165) is 28.3 Å². The fourth-order valence-corrected chi connectivity index (χ4v) is 2.81. The number of ether oxygens (including phenoxy) is 1. The Hall–Kier alpha value is -1.51. The van der Waals surface area contributed by atoms with Gasteiger partial charge in [0.2, 0.25) is 0 Å². The molecule has 0 saturated carbocycles. The van der Waals surface area contributed by atoms with Crippen LogP contribution in [0.2, 0.25) is 5.02 Å². The SMILES string of the molecule is Cc1ccc2c(c1)[C@H](N)CC(c1ccccc1Cl)O2. The van der Waals surface area contributed by atoms with E-state index >= 15 is 0 Å². The molecule has 0 fully saturated rings. The zero-order chi connectivity index (χ0) is 13.4. The van der Waals surface area contributed by atoms with Gasteiger partial charge in [-0.2, -0.15) is 0 Å². The van der Waals surface area contributed by atoms with Crippen LogP contribution in [0.15, 0.2) is 42.5 Å². The van der Waals surface area contributed by atoms with Crippen molar-refractivity contribution in [2.24, 2.45) is 5.73 Å². The highest BCUT2D eigenvalue weighted by atomic mass is 35.5. The Morgan fingerprint density at radius 3 is 2.74 bits per heavy atom. The molecule has 19 heavy (non-hydrogen) atoms. The van der Waals surface area contributed by atoms with Crippen molar-refractivity contribution in [2.45, 2.75) is 25.5 Å². The van der Waals surface area contributed by atoms with Crippen LogP contribution in [-0.4, -0.2) is 0 Å². The molecular formula is C16H16ClNO. The molecule has 1 unspecified atom stereocenters. The van der Waals surface area contributed by atoms with E-state index in [1.807, 2.05) is 36.4 Å². The third-order valence-corrected chi connectivity index (χ3v) is 3.90. The van der Waals surface area contributed by atoms with Crippen LogP contribution in [0.3, 0.4) is 0 Å². The minimum Gasteiger partial charge on any atom is -0.485 e. The molecule has 1 aliphatic rings. The van der Waals surface area contributed by atoms with Crippen LogP contribution in [0.25, 0.3) is 0 Å². The zero-order valence-corrected chi connectivity index (χ0v) is 11.5. The lowest BCUT2D eigenvalue weighted by molar-refractivity contribution is 0.161. The summed E-state index contributed by atoms with van der Waals surface area (Å²) in [5.74, 6) is 0.870. The van der Waals surface area contributed by atoms with Crippen molar-refractivity contribution >= 4 is 11.6 Å². The van der Waals surface area contributed by atoms with Crippen molar-refractivity contribution in [3.05, 3.63) is 64.2 Å². The van der Waals surface area contributed by atoms with E-state index < -0.39 is 0 Å². The molecule has 3 heteroatoms. The fourth-order valence-electron chi connectivity index (χ4n) is 2.55. The standard InChI is InChI=1S/C16H16ClNO/c1-10-6-7-15-12(8-10)14(18)9-16(19-15)11-4-2-3-5-13(11)17/h2-8,14,16H,9,18H2,1H3/t14-,16?/m1/s1. The lowest BCUT2D eigenvalue weighted by Crippen LogP contribution is -2.24. The minimum absolute atomic E-state index is 0.00933. The second kappa shape index (κ2) is 4.87. The maximum absolute atomic E-state index is 6.27. The topological polar surface area (TPSA) is 35.2 Å². The number of benzene rings is 2. The average Bonchev–Trinajstić information content (AvgIpc) is 2.40. The molecule has 0 radical (unpaired) electrons. The largest absolute Gasteiger partial charge is 0.485 e. The summed E-state index contributed by atoms with van der Waals surface area (Å²) >= 11 is 6.24. The quantitative estimate of drug-likeness (QED) is 0.846. The Morgan fingerprint density at radius 1 is 1.16 bits per heavy atom. The monoisotopic (exact) mass is 273 g/mol. The van der Waals surface area contributed by atoms with Crippen LogP contribution in [0.5, 0.6) is 5.75 Å². The third kappa shape index (κ3) is 2.34. The number of fused-ring (bicyclic) bond motifs is 1. The predicted octanol–water partition coefficient (Wildman–Crippen LogP) is 4.17. The van der Waals surface area contributed by atoms with Crippen LogP contribution >= 0.6 is 11.6 Å². The number of halogens is 1. The minimum atomic E-state index is -0.0705. The fraction of sp³-hybridized carbons (Fsp3) is 0.250. The normalized spacial score (nSPS) is 21.6. The molecule has 0 amide bonds. The van der Waals surface area contributed by atoms with Gasteiger partial charge in [0.05, 0.1) is 0 Å². The van der Waals surface area contributed by atoms with Crippen molar-refractivity contribution in [1.29, 1.82) is 0 Å². The molecule has 2 atom stereocenters. The predicted molar refractivity (Wildman–Crippen MR) is 77.5 cm³/mol. The van der Waals surface area contributed by atoms with E-state index in [1.54, 1.807) is 0 Å². The maximum Gasteiger partial charge on any atom is 0.127 e. The number of aryl methyl sites for hydroxylation is 1. The van der Waals surface area contributed by atoms with Gasteiger partial charge in [-0.25, -0.2) is 0 Å². The van der Waals surface area contributed by atoms with Crippen LogP contribution in [-0.2, 0) is 0 Å². The van der Waals surface area contributed by atoms with Gasteiger partial charge in [-0.15, -0.1) is 0 Å². The van der Waals surface area contributed by atoms with Crippen molar-refractivity contribution in [3.8, 4) is 5.75 Å². The molecule has 2 aromatic rings. The second-order valence-electron chi connectivity index (χ2n) is 5.01. The van der Waals surface area contributed by atoms with Crippen LogP contribution in [0.1, 0.15) is 35.3 Å². The number of hydrogen-bond donors (Lipinski definition) is 1. The number of hydrogen-bond acceptors (Lipinski definition) is 2. The molecule has 0 aromatic heterocycles. The first kappa shape index (κ1) is 12.5. The first-order valence-electron chi connectivity index (χ1n) is 6.42. The van der Waals surface area contributed by atoms with Gasteiger partial charge in [0.1, 0.15) is 11.9 Å². The summed E-state index contributed by atoms with van der Waals surface area (Å²) in [7, 11) is 0. The Morgan fingerprint density at radius 2 is 1.95 bits per heavy atom. The lowest BCUT2D eigenvalue weighted by atomic mass is 9.92. The van der Waals surface area contributed by atoms with Gasteiger partial charge in [0, 0.05) is 28.6 Å². The average molecular weight is 274 g/mol. The van der Waals surface area contributed by atoms with E-state index in [4.69, 9.17) is 22.1 Å². The molecule has 2 N–H and O–H groups in total. The molecular weight excluding hydrogens is 258 g/mol. The van der Waals surface area contributed by atoms with Crippen LogP contribution in [0.4, 0.5) is 0 Å². The van der Waals surface area contributed by atoms with Gasteiger partial charge in [-0.3, -0.25) is 0 Å². The van der Waals surface area contributed by atoms with Crippen LogP contribution in [0, 0.1) is 6.92 Å². The van der Waals surface area contributed by atoms with Crippen molar-refractivity contribution in [3.63, 3.8) is 0 Å². The number of rotatable bonds is 1. The third-order valence-electron chi connectivity index (χ3n) is 3.55. The van der Waals surface area contributed by atoms with E-state index in [-0.39, 0.29) is 12.1 Å². The highest BCUT2D eigenvalue weighted by Gasteiger charge is 2.28. The Labute approximate surface area is 118 Å². The Balaban J connectivity index is 1.97. The van der Waals surface area contributed by atoms with Gasteiger partial charge >= 0.3 is 0 Å². The van der Waals surface area contributed by atoms with Gasteiger partial charge in [-0.05, 0) is 19.1 Å². The van der Waals surface area contributed by atoms with Gasteiger partial charge in [-0.1, -0.05) is 47.5 Å². The molecule has 3 rings (SSSR count). The van der Waals surface area contributed by atoms with Gasteiger partial charge in [0.15, 0.2) is 0 Å². The summed E-state index contributed by atoms with van der Waals surface area (Å²) in [6.07, 6.45) is 0.680. The molecule has 1 heterocycles. The Kier molecular flexibility index (Phi) is 3.21. The molecule has 2 nitrogen and oxygen atoms in total. The highest BCUT2D eigenvalue weighted by molar-refractivity contribution is 6.31. The van der Waals surface area contributed by atoms with E-state index in [2.05, 4.69) is 13.0 Å². The molecule has 0 bridgehead atoms. The second-order valence-corrected chi connectivity index (χ2v) is 5.42.